The van der Waals surface area contributed by atoms with E-state index in [9.17, 15) is 23.1 Å². The van der Waals surface area contributed by atoms with Gasteiger partial charge in [0.15, 0.2) is 0 Å². The van der Waals surface area contributed by atoms with Gasteiger partial charge in [0.1, 0.15) is 23.5 Å². The molecule has 2 rings (SSSR count). The Balaban J connectivity index is 2.06. The third kappa shape index (κ3) is 5.55. The maximum absolute atomic E-state index is 14.0. The van der Waals surface area contributed by atoms with Crippen LogP contribution in [0.3, 0.4) is 0 Å². The first-order chi connectivity index (χ1) is 11.4. The predicted octanol–water partition coefficient (Wildman–Crippen LogP) is 0.0419. The molecule has 1 saturated heterocycles. The average molecular weight is 425 g/mol. The molecule has 2 heterocycles. The van der Waals surface area contributed by atoms with Gasteiger partial charge in [-0.25, -0.2) is 18.3 Å². The lowest BCUT2D eigenvalue weighted by molar-refractivity contribution is -0.0349. The van der Waals surface area contributed by atoms with Crippen molar-refractivity contribution in [2.45, 2.75) is 24.9 Å². The van der Waals surface area contributed by atoms with E-state index in [1.54, 1.807) is 0 Å². The van der Waals surface area contributed by atoms with Crippen molar-refractivity contribution in [2.24, 2.45) is 0 Å². The van der Waals surface area contributed by atoms with Gasteiger partial charge in [-0.05, 0) is 0 Å². The lowest BCUT2D eigenvalue weighted by atomic mass is 10.2. The van der Waals surface area contributed by atoms with Crippen LogP contribution < -0.4 is 11.2 Å². The molecule has 1 fully saturated rings. The molecule has 1 aromatic rings. The average Bonchev–Trinajstić information content (AvgIpc) is 2.79. The molecule has 25 heavy (non-hydrogen) atoms. The minimum absolute atomic E-state index is 0.340. The highest BCUT2D eigenvalue weighted by atomic mass is 35.5. The Bertz CT molecular complexity index is 852. The fourth-order valence-corrected chi connectivity index (χ4v) is 3.76. The molecule has 0 radical (unpaired) electrons. The molecular weight excluding hydrogens is 413 g/mol. The molecular formula is C9H12ClFN2O10P2. The van der Waals surface area contributed by atoms with Crippen molar-refractivity contribution in [1.82, 2.24) is 9.55 Å². The molecule has 12 nitrogen and oxygen atoms in total. The van der Waals surface area contributed by atoms with Crippen molar-refractivity contribution in [3.63, 3.8) is 0 Å². The standard InChI is InChI=1S/C9H12ClFN2O10P2/c10-4-2-13(9(15)12-8(4)14)7-1-5(11)6(22-7)3-21-25(19,20)23-24(16,17)18/h2,5-7H,1,3H2,(H,19,20)(H,12,14,15)(H2,16,17,18)/t5-,6+,7+/m0/s1. The largest absolute Gasteiger partial charge is 0.481 e. The molecule has 0 bridgehead atoms. The van der Waals surface area contributed by atoms with Gasteiger partial charge >= 0.3 is 21.3 Å². The van der Waals surface area contributed by atoms with Crippen molar-refractivity contribution in [3.8, 4) is 0 Å². The van der Waals surface area contributed by atoms with Crippen LogP contribution in [-0.4, -0.2) is 43.1 Å². The summed E-state index contributed by atoms with van der Waals surface area (Å²) in [5, 5.41) is -0.340. The van der Waals surface area contributed by atoms with Crippen LogP contribution in [0.5, 0.6) is 0 Å². The topological polar surface area (TPSA) is 177 Å². The van der Waals surface area contributed by atoms with Crippen LogP contribution in [0, 0.1) is 0 Å². The van der Waals surface area contributed by atoms with Crippen LogP contribution in [0.1, 0.15) is 12.6 Å². The number of nitrogens with zero attached hydrogens (tertiary/aromatic N) is 1. The van der Waals surface area contributed by atoms with Gasteiger partial charge in [-0.3, -0.25) is 18.9 Å². The number of aromatic nitrogens is 2. The Labute approximate surface area is 143 Å². The van der Waals surface area contributed by atoms with E-state index >= 15 is 0 Å². The van der Waals surface area contributed by atoms with Gasteiger partial charge in [-0.2, -0.15) is 4.31 Å². The van der Waals surface area contributed by atoms with Crippen LogP contribution in [0.2, 0.25) is 5.02 Å². The van der Waals surface area contributed by atoms with E-state index in [2.05, 4.69) is 8.83 Å². The smallest absolute Gasteiger partial charge is 0.349 e. The molecule has 0 saturated carbocycles. The van der Waals surface area contributed by atoms with E-state index < -0.39 is 52.0 Å². The lowest BCUT2D eigenvalue weighted by Gasteiger charge is -2.17. The second kappa shape index (κ2) is 7.39. The van der Waals surface area contributed by atoms with Crippen LogP contribution in [0.4, 0.5) is 4.39 Å². The Morgan fingerprint density at radius 3 is 2.64 bits per heavy atom. The van der Waals surface area contributed by atoms with Gasteiger partial charge in [-0.1, -0.05) is 11.6 Å². The van der Waals surface area contributed by atoms with Crippen LogP contribution >= 0.6 is 27.2 Å². The highest BCUT2D eigenvalue weighted by Gasteiger charge is 2.40. The molecule has 4 N–H and O–H groups in total. The Morgan fingerprint density at radius 2 is 2.04 bits per heavy atom. The van der Waals surface area contributed by atoms with Crippen LogP contribution in [0.15, 0.2) is 15.8 Å². The number of ether oxygens (including phenoxy) is 1. The number of hydrogen-bond donors (Lipinski definition) is 4. The summed E-state index contributed by atoms with van der Waals surface area (Å²) in [5.74, 6) is 0. The minimum Gasteiger partial charge on any atom is -0.349 e. The SMILES string of the molecule is O=c1[nH]c(=O)n([C@H]2C[C@H](F)[C@@H](COP(=O)(O)OP(=O)(O)O)O2)cc1Cl. The third-order valence-corrected chi connectivity index (χ3v) is 5.43. The predicted molar refractivity (Wildman–Crippen MR) is 78.7 cm³/mol. The van der Waals surface area contributed by atoms with Gasteiger partial charge in [0, 0.05) is 12.6 Å². The number of rotatable bonds is 6. The fourth-order valence-electron chi connectivity index (χ4n) is 2.01. The summed E-state index contributed by atoms with van der Waals surface area (Å²) < 4.78 is 49.6. The van der Waals surface area contributed by atoms with E-state index in [1.807, 2.05) is 4.98 Å². The maximum atomic E-state index is 14.0. The zero-order valence-electron chi connectivity index (χ0n) is 12.0. The second-order valence-corrected chi connectivity index (χ2v) is 8.10. The number of phosphoric acid groups is 2. The minimum atomic E-state index is -5.31. The summed E-state index contributed by atoms with van der Waals surface area (Å²) in [6.07, 6.45) is -3.81. The molecule has 1 unspecified atom stereocenters. The number of hydrogen-bond acceptors (Lipinski definition) is 7. The zero-order chi connectivity index (χ0) is 19.0. The molecule has 0 spiro atoms. The highest BCUT2D eigenvalue weighted by Crippen LogP contribution is 2.57. The second-order valence-electron chi connectivity index (χ2n) is 4.86. The molecule has 16 heteroatoms. The monoisotopic (exact) mass is 424 g/mol. The van der Waals surface area contributed by atoms with E-state index in [0.29, 0.717) is 0 Å². The van der Waals surface area contributed by atoms with Gasteiger partial charge in [0.2, 0.25) is 0 Å². The zero-order valence-corrected chi connectivity index (χ0v) is 14.6. The molecule has 1 aromatic heterocycles. The molecule has 142 valence electrons. The third-order valence-electron chi connectivity index (χ3n) is 3.01. The summed E-state index contributed by atoms with van der Waals surface area (Å²) in [7, 11) is -10.5. The Morgan fingerprint density at radius 1 is 1.40 bits per heavy atom. The molecule has 1 aliphatic heterocycles. The summed E-state index contributed by atoms with van der Waals surface area (Å²) >= 11 is 5.58. The summed E-state index contributed by atoms with van der Waals surface area (Å²) in [5.41, 5.74) is -1.75. The van der Waals surface area contributed by atoms with Gasteiger partial charge in [-0.15, -0.1) is 0 Å². The first-order valence-electron chi connectivity index (χ1n) is 6.43. The number of aromatic amines is 1. The summed E-state index contributed by atoms with van der Waals surface area (Å²) in [4.78, 5) is 50.8. The number of H-pyrrole nitrogens is 1. The highest BCUT2D eigenvalue weighted by molar-refractivity contribution is 7.60. The Kier molecular flexibility index (Phi) is 6.04. The number of phosphoric ester groups is 1. The first-order valence-corrected chi connectivity index (χ1v) is 9.83. The number of nitrogens with one attached hydrogen (secondary N) is 1. The van der Waals surface area contributed by atoms with Gasteiger partial charge < -0.3 is 19.4 Å². The fraction of sp³-hybridized carbons (Fsp3) is 0.556. The van der Waals surface area contributed by atoms with E-state index in [4.69, 9.17) is 31.0 Å². The van der Waals surface area contributed by atoms with Crippen molar-refractivity contribution in [1.29, 1.82) is 0 Å². The normalized spacial score (nSPS) is 26.5. The van der Waals surface area contributed by atoms with E-state index in [-0.39, 0.29) is 11.4 Å². The van der Waals surface area contributed by atoms with Gasteiger partial charge in [0.05, 0.1) is 6.61 Å². The first kappa shape index (κ1) is 20.4. The molecule has 0 amide bonds. The Hall–Kier alpha value is -0.880. The number of halogens is 2. The maximum Gasteiger partial charge on any atom is 0.481 e. The van der Waals surface area contributed by atoms with Crippen molar-refractivity contribution >= 4 is 27.2 Å². The van der Waals surface area contributed by atoms with Gasteiger partial charge in [0.25, 0.3) is 5.56 Å². The van der Waals surface area contributed by atoms with Crippen LogP contribution in [0.25, 0.3) is 0 Å². The van der Waals surface area contributed by atoms with Crippen molar-refractivity contribution in [3.05, 3.63) is 32.1 Å². The summed E-state index contributed by atoms with van der Waals surface area (Å²) in [6.45, 7) is -0.892. The molecule has 4 atom stereocenters. The van der Waals surface area contributed by atoms with Crippen molar-refractivity contribution < 1.29 is 41.8 Å². The number of alkyl halides is 1. The lowest BCUT2D eigenvalue weighted by Crippen LogP contribution is -2.32. The van der Waals surface area contributed by atoms with Crippen molar-refractivity contribution in [2.75, 3.05) is 6.61 Å². The quantitative estimate of drug-likeness (QED) is 0.456. The molecule has 1 aliphatic rings. The van der Waals surface area contributed by atoms with Crippen LogP contribution in [-0.2, 0) is 22.7 Å². The summed E-state index contributed by atoms with van der Waals surface area (Å²) in [6, 6.07) is 0. The molecule has 0 aliphatic carbocycles. The molecule has 0 aromatic carbocycles. The van der Waals surface area contributed by atoms with E-state index in [1.165, 1.54) is 0 Å². The van der Waals surface area contributed by atoms with E-state index in [0.717, 1.165) is 10.8 Å².